The van der Waals surface area contributed by atoms with Crippen LogP contribution in [0.25, 0.3) is 22.3 Å². The first-order valence-corrected chi connectivity index (χ1v) is 12.2. The third-order valence-corrected chi connectivity index (χ3v) is 6.69. The Morgan fingerprint density at radius 3 is 2.31 bits per heavy atom. The van der Waals surface area contributed by atoms with E-state index in [1.165, 1.54) is 6.42 Å². The summed E-state index contributed by atoms with van der Waals surface area (Å²) in [6.07, 6.45) is 3.14. The number of fused-ring (bicyclic) bond motifs is 1. The number of carbonyl (C=O) groups is 1. The predicted molar refractivity (Wildman–Crippen MR) is 138 cm³/mol. The third kappa shape index (κ3) is 4.91. The summed E-state index contributed by atoms with van der Waals surface area (Å²) in [6, 6.07) is 24.4. The molecule has 1 aliphatic heterocycles. The molecule has 178 valence electrons. The van der Waals surface area contributed by atoms with Crippen molar-refractivity contribution in [3.05, 3.63) is 106 Å². The van der Waals surface area contributed by atoms with Gasteiger partial charge in [0.05, 0.1) is 5.39 Å². The monoisotopic (exact) mass is 467 g/mol. The zero-order valence-electron chi connectivity index (χ0n) is 19.9. The number of ether oxygens (including phenoxy) is 1. The van der Waals surface area contributed by atoms with E-state index in [0.29, 0.717) is 23.3 Å². The van der Waals surface area contributed by atoms with Crippen LogP contribution >= 0.6 is 0 Å². The van der Waals surface area contributed by atoms with Crippen molar-refractivity contribution in [3.63, 3.8) is 0 Å². The Kier molecular flexibility index (Phi) is 6.77. The molecule has 0 radical (unpaired) electrons. The van der Waals surface area contributed by atoms with E-state index in [-0.39, 0.29) is 16.6 Å². The second kappa shape index (κ2) is 10.3. The van der Waals surface area contributed by atoms with Crippen LogP contribution in [0.3, 0.4) is 0 Å². The maximum atomic E-state index is 13.5. The minimum atomic E-state index is -0.493. The van der Waals surface area contributed by atoms with Crippen LogP contribution in [0, 0.1) is 6.92 Å². The first-order chi connectivity index (χ1) is 17.1. The molecule has 5 rings (SSSR count). The SMILES string of the molecule is Cc1c(-c2ccccc2)oc2c(C(=O)OC(CN3CCCCC3)c3ccccc3)cccc2c1=O. The number of para-hydroxylation sites is 1. The topological polar surface area (TPSA) is 59.8 Å². The van der Waals surface area contributed by atoms with Crippen molar-refractivity contribution in [2.75, 3.05) is 19.6 Å². The summed E-state index contributed by atoms with van der Waals surface area (Å²) in [5.41, 5.74) is 2.63. The second-order valence-electron chi connectivity index (χ2n) is 9.10. The lowest BCUT2D eigenvalue weighted by atomic mass is 10.0. The molecule has 0 aliphatic carbocycles. The van der Waals surface area contributed by atoms with Crippen molar-refractivity contribution in [3.8, 4) is 11.3 Å². The van der Waals surface area contributed by atoms with Gasteiger partial charge in [-0.25, -0.2) is 4.79 Å². The Morgan fingerprint density at radius 2 is 1.60 bits per heavy atom. The molecule has 5 nitrogen and oxygen atoms in total. The van der Waals surface area contributed by atoms with E-state index in [9.17, 15) is 9.59 Å². The second-order valence-corrected chi connectivity index (χ2v) is 9.10. The van der Waals surface area contributed by atoms with Crippen molar-refractivity contribution < 1.29 is 13.9 Å². The van der Waals surface area contributed by atoms with Crippen LogP contribution in [0.1, 0.15) is 46.9 Å². The van der Waals surface area contributed by atoms with E-state index in [0.717, 1.165) is 37.1 Å². The Hall–Kier alpha value is -3.70. The van der Waals surface area contributed by atoms with Gasteiger partial charge in [0.1, 0.15) is 17.4 Å². The molecular weight excluding hydrogens is 438 g/mol. The van der Waals surface area contributed by atoms with Crippen LogP contribution in [0.15, 0.2) is 88.1 Å². The van der Waals surface area contributed by atoms with Crippen molar-refractivity contribution in [2.24, 2.45) is 0 Å². The predicted octanol–water partition coefficient (Wildman–Crippen LogP) is 6.15. The number of nitrogens with zero attached hydrogens (tertiary/aromatic N) is 1. The Balaban J connectivity index is 1.52. The largest absolute Gasteiger partial charge is 0.455 e. The molecule has 1 aliphatic rings. The first-order valence-electron chi connectivity index (χ1n) is 12.2. The van der Waals surface area contributed by atoms with E-state index in [1.54, 1.807) is 25.1 Å². The number of hydrogen-bond acceptors (Lipinski definition) is 5. The molecule has 35 heavy (non-hydrogen) atoms. The van der Waals surface area contributed by atoms with Crippen LogP contribution in [-0.2, 0) is 4.74 Å². The fourth-order valence-corrected chi connectivity index (χ4v) is 4.78. The molecule has 0 spiro atoms. The molecular formula is C30H29NO4. The van der Waals surface area contributed by atoms with E-state index in [4.69, 9.17) is 9.15 Å². The molecule has 1 unspecified atom stereocenters. The van der Waals surface area contributed by atoms with Crippen LogP contribution < -0.4 is 5.43 Å². The summed E-state index contributed by atoms with van der Waals surface area (Å²) in [7, 11) is 0. The number of likely N-dealkylation sites (tertiary alicyclic amines) is 1. The molecule has 5 heteroatoms. The average Bonchev–Trinajstić information content (AvgIpc) is 2.91. The zero-order valence-corrected chi connectivity index (χ0v) is 19.9. The molecule has 1 fully saturated rings. The van der Waals surface area contributed by atoms with Crippen molar-refractivity contribution in [1.29, 1.82) is 0 Å². The molecule has 1 aromatic heterocycles. The average molecular weight is 468 g/mol. The Bertz CT molecular complexity index is 1370. The minimum absolute atomic E-state index is 0.146. The molecule has 1 saturated heterocycles. The fourth-order valence-electron chi connectivity index (χ4n) is 4.78. The molecule has 0 saturated carbocycles. The number of rotatable bonds is 6. The Morgan fingerprint density at radius 1 is 0.914 bits per heavy atom. The lowest BCUT2D eigenvalue weighted by molar-refractivity contribution is 0.0178. The maximum absolute atomic E-state index is 13.5. The standard InChI is InChI=1S/C30H29NO4/c1-21-27(32)24-16-11-17-25(29(24)35-28(21)23-14-7-3-8-15-23)30(33)34-26(22-12-5-2-6-13-22)20-31-18-9-4-10-19-31/h2-3,5-8,11-17,26H,4,9-10,18-20H2,1H3. The van der Waals surface area contributed by atoms with Crippen LogP contribution in [-0.4, -0.2) is 30.5 Å². The van der Waals surface area contributed by atoms with Gasteiger partial charge in [0, 0.05) is 17.7 Å². The summed E-state index contributed by atoms with van der Waals surface area (Å²) >= 11 is 0. The van der Waals surface area contributed by atoms with Gasteiger partial charge in [0.25, 0.3) is 0 Å². The minimum Gasteiger partial charge on any atom is -0.455 e. The zero-order chi connectivity index (χ0) is 24.2. The highest BCUT2D eigenvalue weighted by molar-refractivity contribution is 6.02. The maximum Gasteiger partial charge on any atom is 0.342 e. The summed E-state index contributed by atoms with van der Waals surface area (Å²) in [5, 5.41) is 0.379. The quantitative estimate of drug-likeness (QED) is 0.318. The van der Waals surface area contributed by atoms with Gasteiger partial charge in [0.15, 0.2) is 11.0 Å². The van der Waals surface area contributed by atoms with E-state index in [2.05, 4.69) is 4.90 Å². The van der Waals surface area contributed by atoms with Gasteiger partial charge in [-0.05, 0) is 50.6 Å². The third-order valence-electron chi connectivity index (χ3n) is 6.69. The first kappa shape index (κ1) is 23.1. The summed E-state index contributed by atoms with van der Waals surface area (Å²) in [5.74, 6) is -0.0243. The van der Waals surface area contributed by atoms with Gasteiger partial charge in [-0.2, -0.15) is 0 Å². The Labute approximate surface area is 205 Å². The smallest absolute Gasteiger partial charge is 0.342 e. The number of hydrogen-bond donors (Lipinski definition) is 0. The van der Waals surface area contributed by atoms with Crippen molar-refractivity contribution >= 4 is 16.9 Å². The van der Waals surface area contributed by atoms with Gasteiger partial charge in [-0.3, -0.25) is 9.69 Å². The highest BCUT2D eigenvalue weighted by Crippen LogP contribution is 2.29. The molecule has 1 atom stereocenters. The van der Waals surface area contributed by atoms with Crippen LogP contribution in [0.5, 0.6) is 0 Å². The van der Waals surface area contributed by atoms with Crippen LogP contribution in [0.2, 0.25) is 0 Å². The number of piperidine rings is 1. The molecule has 4 aromatic rings. The molecule has 0 bridgehead atoms. The van der Waals surface area contributed by atoms with Crippen LogP contribution in [0.4, 0.5) is 0 Å². The summed E-state index contributed by atoms with van der Waals surface area (Å²) in [4.78, 5) is 29.1. The fraction of sp³-hybridized carbons (Fsp3) is 0.267. The van der Waals surface area contributed by atoms with Gasteiger partial charge < -0.3 is 9.15 Å². The molecule has 3 aromatic carbocycles. The van der Waals surface area contributed by atoms with Gasteiger partial charge in [-0.1, -0.05) is 73.2 Å². The highest BCUT2D eigenvalue weighted by atomic mass is 16.5. The highest BCUT2D eigenvalue weighted by Gasteiger charge is 2.25. The lowest BCUT2D eigenvalue weighted by Crippen LogP contribution is -2.35. The molecule has 2 heterocycles. The normalized spacial score (nSPS) is 15.1. The van der Waals surface area contributed by atoms with Crippen molar-refractivity contribution in [1.82, 2.24) is 4.90 Å². The van der Waals surface area contributed by atoms with Gasteiger partial charge in [-0.15, -0.1) is 0 Å². The number of carbonyl (C=O) groups excluding carboxylic acids is 1. The summed E-state index contributed by atoms with van der Waals surface area (Å²) < 4.78 is 12.3. The van der Waals surface area contributed by atoms with E-state index < -0.39 is 12.1 Å². The van der Waals surface area contributed by atoms with E-state index >= 15 is 0 Å². The molecule has 0 amide bonds. The lowest BCUT2D eigenvalue weighted by Gasteiger charge is -2.30. The molecule has 0 N–H and O–H groups in total. The number of esters is 1. The summed E-state index contributed by atoms with van der Waals surface area (Å²) in [6.45, 7) is 4.40. The van der Waals surface area contributed by atoms with Crippen molar-refractivity contribution in [2.45, 2.75) is 32.3 Å². The van der Waals surface area contributed by atoms with E-state index in [1.807, 2.05) is 60.7 Å². The van der Waals surface area contributed by atoms with Gasteiger partial charge >= 0.3 is 5.97 Å². The van der Waals surface area contributed by atoms with Gasteiger partial charge in [0.2, 0.25) is 0 Å². The number of benzene rings is 3.